The highest BCUT2D eigenvalue weighted by molar-refractivity contribution is 6.33. The Hall–Kier alpha value is -2.51. The molecule has 0 atom stereocenters. The van der Waals surface area contributed by atoms with E-state index in [1.807, 2.05) is 38.1 Å². The first-order chi connectivity index (χ1) is 11.0. The molecular weight excluding hydrogens is 314 g/mol. The van der Waals surface area contributed by atoms with E-state index in [2.05, 4.69) is 0 Å². The van der Waals surface area contributed by atoms with Crippen LogP contribution in [0.5, 0.6) is 0 Å². The van der Waals surface area contributed by atoms with Gasteiger partial charge in [0.1, 0.15) is 23.2 Å². The lowest BCUT2D eigenvalue weighted by Gasteiger charge is -2.05. The first kappa shape index (κ1) is 16.9. The Morgan fingerprint density at radius 1 is 1.35 bits per heavy atom. The zero-order valence-corrected chi connectivity index (χ0v) is 13.6. The number of rotatable bonds is 5. The summed E-state index contributed by atoms with van der Waals surface area (Å²) in [5, 5.41) is 9.67. The van der Waals surface area contributed by atoms with Crippen molar-refractivity contribution in [1.82, 2.24) is 0 Å². The molecule has 1 heterocycles. The summed E-state index contributed by atoms with van der Waals surface area (Å²) < 4.78 is 10.7. The predicted octanol–water partition coefficient (Wildman–Crippen LogP) is 4.71. The third kappa shape index (κ3) is 4.48. The van der Waals surface area contributed by atoms with Crippen LogP contribution in [0.1, 0.15) is 19.6 Å². The van der Waals surface area contributed by atoms with Gasteiger partial charge in [0.25, 0.3) is 0 Å². The molecule has 4 nitrogen and oxygen atoms in total. The number of ether oxygens (including phenoxy) is 1. The van der Waals surface area contributed by atoms with Crippen LogP contribution in [0.25, 0.3) is 17.4 Å². The number of benzene rings is 1. The van der Waals surface area contributed by atoms with E-state index in [-0.39, 0.29) is 18.1 Å². The van der Waals surface area contributed by atoms with Crippen molar-refractivity contribution in [3.8, 4) is 17.4 Å². The molecule has 1 aromatic heterocycles. The van der Waals surface area contributed by atoms with Gasteiger partial charge in [-0.05, 0) is 30.2 Å². The molecule has 0 aliphatic rings. The van der Waals surface area contributed by atoms with Gasteiger partial charge >= 0.3 is 5.97 Å². The Bertz CT molecular complexity index is 769. The van der Waals surface area contributed by atoms with Gasteiger partial charge in [0.05, 0.1) is 11.6 Å². The number of halogens is 1. The summed E-state index contributed by atoms with van der Waals surface area (Å²) in [6, 6.07) is 12.5. The summed E-state index contributed by atoms with van der Waals surface area (Å²) >= 11 is 6.12. The van der Waals surface area contributed by atoms with Crippen LogP contribution in [-0.4, -0.2) is 12.6 Å². The molecule has 0 fully saturated rings. The second-order valence-corrected chi connectivity index (χ2v) is 5.75. The van der Waals surface area contributed by atoms with Crippen molar-refractivity contribution >= 4 is 23.6 Å². The lowest BCUT2D eigenvalue weighted by Crippen LogP contribution is -2.11. The molecule has 118 valence electrons. The van der Waals surface area contributed by atoms with Gasteiger partial charge < -0.3 is 9.15 Å². The molecule has 0 saturated heterocycles. The van der Waals surface area contributed by atoms with Gasteiger partial charge in [-0.25, -0.2) is 4.79 Å². The summed E-state index contributed by atoms with van der Waals surface area (Å²) in [6.07, 6.45) is 1.36. The molecule has 2 aromatic rings. The fourth-order valence-electron chi connectivity index (χ4n) is 1.84. The van der Waals surface area contributed by atoms with Crippen LogP contribution >= 0.6 is 11.6 Å². The third-order valence-corrected chi connectivity index (χ3v) is 3.27. The Morgan fingerprint density at radius 3 is 2.74 bits per heavy atom. The number of nitriles is 1. The molecule has 0 unspecified atom stereocenters. The fraction of sp³-hybridized carbons (Fsp3) is 0.222. The molecule has 0 radical (unpaired) electrons. The molecule has 0 bridgehead atoms. The zero-order chi connectivity index (χ0) is 16.8. The first-order valence-electron chi connectivity index (χ1n) is 7.15. The van der Waals surface area contributed by atoms with Crippen molar-refractivity contribution in [1.29, 1.82) is 5.26 Å². The van der Waals surface area contributed by atoms with Gasteiger partial charge in [-0.3, -0.25) is 0 Å². The fourth-order valence-corrected chi connectivity index (χ4v) is 2.06. The molecule has 2 rings (SSSR count). The van der Waals surface area contributed by atoms with Crippen molar-refractivity contribution in [2.45, 2.75) is 13.8 Å². The topological polar surface area (TPSA) is 63.2 Å². The number of hydrogen-bond acceptors (Lipinski definition) is 4. The number of furan rings is 1. The SMILES string of the molecule is CC(C)COC(=O)C(C#N)=Cc1ccc(-c2ccccc2Cl)o1. The highest BCUT2D eigenvalue weighted by Crippen LogP contribution is 2.29. The van der Waals surface area contributed by atoms with Gasteiger partial charge in [0.15, 0.2) is 0 Å². The van der Waals surface area contributed by atoms with Crippen molar-refractivity contribution in [3.63, 3.8) is 0 Å². The minimum atomic E-state index is -0.656. The largest absolute Gasteiger partial charge is 0.461 e. The van der Waals surface area contributed by atoms with Gasteiger partial charge in [-0.15, -0.1) is 0 Å². The molecule has 0 aliphatic heterocycles. The highest BCUT2D eigenvalue weighted by atomic mass is 35.5. The van der Waals surface area contributed by atoms with Crippen LogP contribution in [0.4, 0.5) is 0 Å². The average Bonchev–Trinajstić information content (AvgIpc) is 2.99. The second-order valence-electron chi connectivity index (χ2n) is 5.34. The van der Waals surface area contributed by atoms with Gasteiger partial charge in [-0.2, -0.15) is 5.26 Å². The lowest BCUT2D eigenvalue weighted by atomic mass is 10.2. The van der Waals surface area contributed by atoms with Gasteiger partial charge in [0, 0.05) is 11.6 Å². The molecule has 5 heteroatoms. The van der Waals surface area contributed by atoms with Crippen LogP contribution in [-0.2, 0) is 9.53 Å². The van der Waals surface area contributed by atoms with Crippen LogP contribution in [0.15, 0.2) is 46.4 Å². The smallest absolute Gasteiger partial charge is 0.349 e. The number of hydrogen-bond donors (Lipinski definition) is 0. The first-order valence-corrected chi connectivity index (χ1v) is 7.52. The lowest BCUT2D eigenvalue weighted by molar-refractivity contribution is -0.139. The van der Waals surface area contributed by atoms with E-state index in [1.54, 1.807) is 18.2 Å². The second kappa shape index (κ2) is 7.66. The Balaban J connectivity index is 2.21. The Labute approximate surface area is 139 Å². The number of nitrogens with zero attached hydrogens (tertiary/aromatic N) is 1. The van der Waals surface area contributed by atoms with Crippen LogP contribution in [0.2, 0.25) is 5.02 Å². The molecular formula is C18H16ClNO3. The van der Waals surface area contributed by atoms with E-state index in [9.17, 15) is 4.79 Å². The standard InChI is InChI=1S/C18H16ClNO3/c1-12(2)11-22-18(21)13(10-20)9-14-7-8-17(23-14)15-5-3-4-6-16(15)19/h3-9,12H,11H2,1-2H3. The van der Waals surface area contributed by atoms with Crippen molar-refractivity contribution in [2.24, 2.45) is 5.92 Å². The molecule has 0 spiro atoms. The maximum absolute atomic E-state index is 11.8. The zero-order valence-electron chi connectivity index (χ0n) is 12.9. The van der Waals surface area contributed by atoms with E-state index < -0.39 is 5.97 Å². The average molecular weight is 330 g/mol. The van der Waals surface area contributed by atoms with Gasteiger partial charge in [-0.1, -0.05) is 37.6 Å². The van der Waals surface area contributed by atoms with E-state index in [0.29, 0.717) is 16.5 Å². The molecule has 0 N–H and O–H groups in total. The number of carbonyl (C=O) groups is 1. The normalized spacial score (nSPS) is 11.3. The molecule has 0 saturated carbocycles. The van der Waals surface area contributed by atoms with Crippen LogP contribution in [0.3, 0.4) is 0 Å². The van der Waals surface area contributed by atoms with E-state index in [4.69, 9.17) is 26.0 Å². The summed E-state index contributed by atoms with van der Waals surface area (Å²) in [5.41, 5.74) is 0.639. The van der Waals surface area contributed by atoms with Crippen molar-refractivity contribution in [2.75, 3.05) is 6.61 Å². The van der Waals surface area contributed by atoms with Crippen LogP contribution < -0.4 is 0 Å². The minimum Gasteiger partial charge on any atom is -0.461 e. The quantitative estimate of drug-likeness (QED) is 0.453. The maximum atomic E-state index is 11.8. The van der Waals surface area contributed by atoms with E-state index in [0.717, 1.165) is 5.56 Å². The summed E-state index contributed by atoms with van der Waals surface area (Å²) in [6.45, 7) is 4.11. The third-order valence-electron chi connectivity index (χ3n) is 2.94. The monoisotopic (exact) mass is 329 g/mol. The van der Waals surface area contributed by atoms with E-state index in [1.165, 1.54) is 6.08 Å². The molecule has 0 aliphatic carbocycles. The summed E-state index contributed by atoms with van der Waals surface area (Å²) in [7, 11) is 0. The molecule has 0 amide bonds. The minimum absolute atomic E-state index is 0.106. The van der Waals surface area contributed by atoms with Crippen molar-refractivity contribution < 1.29 is 13.9 Å². The van der Waals surface area contributed by atoms with Gasteiger partial charge in [0.2, 0.25) is 0 Å². The number of esters is 1. The van der Waals surface area contributed by atoms with Crippen molar-refractivity contribution in [3.05, 3.63) is 52.8 Å². The molecule has 1 aromatic carbocycles. The molecule has 23 heavy (non-hydrogen) atoms. The van der Waals surface area contributed by atoms with E-state index >= 15 is 0 Å². The summed E-state index contributed by atoms with van der Waals surface area (Å²) in [4.78, 5) is 11.8. The van der Waals surface area contributed by atoms with Crippen LogP contribution in [0, 0.1) is 17.2 Å². The predicted molar refractivity (Wildman–Crippen MR) is 88.5 cm³/mol. The Morgan fingerprint density at radius 2 is 2.09 bits per heavy atom. The maximum Gasteiger partial charge on any atom is 0.349 e. The highest BCUT2D eigenvalue weighted by Gasteiger charge is 2.13. The number of carbonyl (C=O) groups excluding carboxylic acids is 1. The summed E-state index contributed by atoms with van der Waals surface area (Å²) in [5.74, 6) is 0.499. The Kier molecular flexibility index (Phi) is 5.61.